The van der Waals surface area contributed by atoms with Crippen LogP contribution in [0.15, 0.2) is 33.8 Å². The standard InChI is InChI=1S/C15H16N2O3/c1-10-2-3-13-11(8-10)9-14(20-13)15(18)17-6-4-12(16-19)5-7-17/h2-3,8-9,19H,4-7H2,1H3. The number of carbonyl (C=O) groups is 1. The van der Waals surface area contributed by atoms with Gasteiger partial charge in [0.15, 0.2) is 5.76 Å². The maximum atomic E-state index is 12.4. The first-order valence-corrected chi connectivity index (χ1v) is 6.66. The van der Waals surface area contributed by atoms with Crippen LogP contribution >= 0.6 is 0 Å². The molecule has 1 aromatic heterocycles. The Bertz CT molecular complexity index is 677. The van der Waals surface area contributed by atoms with Gasteiger partial charge in [-0.2, -0.15) is 0 Å². The van der Waals surface area contributed by atoms with Crippen LogP contribution in [0.1, 0.15) is 29.0 Å². The van der Waals surface area contributed by atoms with Gasteiger partial charge in [0.1, 0.15) is 5.58 Å². The fourth-order valence-electron chi connectivity index (χ4n) is 2.49. The Morgan fingerprint density at radius 3 is 2.75 bits per heavy atom. The van der Waals surface area contributed by atoms with Gasteiger partial charge in [-0.25, -0.2) is 0 Å². The molecule has 3 rings (SSSR count). The second-order valence-corrected chi connectivity index (χ2v) is 5.11. The maximum absolute atomic E-state index is 12.4. The number of fused-ring (bicyclic) bond motifs is 1. The van der Waals surface area contributed by atoms with E-state index in [0.29, 0.717) is 31.7 Å². The minimum Gasteiger partial charge on any atom is -0.451 e. The lowest BCUT2D eigenvalue weighted by atomic mass is 10.1. The van der Waals surface area contributed by atoms with E-state index in [-0.39, 0.29) is 5.91 Å². The summed E-state index contributed by atoms with van der Waals surface area (Å²) in [5, 5.41) is 12.9. The van der Waals surface area contributed by atoms with E-state index in [9.17, 15) is 4.79 Å². The minimum absolute atomic E-state index is 0.101. The molecule has 0 radical (unpaired) electrons. The predicted octanol–water partition coefficient (Wildman–Crippen LogP) is 2.81. The van der Waals surface area contributed by atoms with Crippen LogP contribution in [0.2, 0.25) is 0 Å². The molecule has 1 aliphatic heterocycles. The zero-order chi connectivity index (χ0) is 14.1. The fourth-order valence-corrected chi connectivity index (χ4v) is 2.49. The Morgan fingerprint density at radius 1 is 1.30 bits per heavy atom. The van der Waals surface area contributed by atoms with Gasteiger partial charge in [-0.1, -0.05) is 16.8 Å². The summed E-state index contributed by atoms with van der Waals surface area (Å²) < 4.78 is 5.62. The molecule has 104 valence electrons. The third-order valence-electron chi connectivity index (χ3n) is 3.65. The van der Waals surface area contributed by atoms with E-state index in [1.165, 1.54) is 0 Å². The van der Waals surface area contributed by atoms with Crippen molar-refractivity contribution in [2.24, 2.45) is 5.16 Å². The molecule has 1 aromatic carbocycles. The highest BCUT2D eigenvalue weighted by molar-refractivity contribution is 5.97. The van der Waals surface area contributed by atoms with Crippen molar-refractivity contribution in [2.45, 2.75) is 19.8 Å². The van der Waals surface area contributed by atoms with E-state index in [4.69, 9.17) is 9.62 Å². The van der Waals surface area contributed by atoms with Crippen LogP contribution in [0.25, 0.3) is 11.0 Å². The van der Waals surface area contributed by atoms with E-state index in [1.54, 1.807) is 11.0 Å². The second-order valence-electron chi connectivity index (χ2n) is 5.11. The molecule has 0 bridgehead atoms. The topological polar surface area (TPSA) is 66.0 Å². The molecule has 1 amide bonds. The number of carbonyl (C=O) groups excluding carboxylic acids is 1. The molecule has 5 heteroatoms. The smallest absolute Gasteiger partial charge is 0.289 e. The van der Waals surface area contributed by atoms with Gasteiger partial charge in [-0.15, -0.1) is 0 Å². The summed E-state index contributed by atoms with van der Waals surface area (Å²) in [5.41, 5.74) is 2.61. The third kappa shape index (κ3) is 2.27. The van der Waals surface area contributed by atoms with Crippen molar-refractivity contribution in [3.63, 3.8) is 0 Å². The number of oxime groups is 1. The number of benzene rings is 1. The fraction of sp³-hybridized carbons (Fsp3) is 0.333. The molecule has 0 spiro atoms. The highest BCUT2D eigenvalue weighted by Crippen LogP contribution is 2.22. The Hall–Kier alpha value is -2.30. The van der Waals surface area contributed by atoms with Gasteiger partial charge in [-0.05, 0) is 25.1 Å². The number of hydrogen-bond acceptors (Lipinski definition) is 4. The molecule has 0 atom stereocenters. The molecule has 1 aliphatic rings. The van der Waals surface area contributed by atoms with Crippen molar-refractivity contribution in [1.82, 2.24) is 4.90 Å². The Kier molecular flexibility index (Phi) is 3.18. The first-order valence-electron chi connectivity index (χ1n) is 6.66. The molecular weight excluding hydrogens is 256 g/mol. The number of furan rings is 1. The van der Waals surface area contributed by atoms with Crippen molar-refractivity contribution >= 4 is 22.6 Å². The molecule has 2 heterocycles. The summed E-state index contributed by atoms with van der Waals surface area (Å²) in [6.45, 7) is 3.14. The lowest BCUT2D eigenvalue weighted by molar-refractivity contribution is 0.0724. The summed E-state index contributed by atoms with van der Waals surface area (Å²) in [4.78, 5) is 14.1. The monoisotopic (exact) mass is 272 g/mol. The lowest BCUT2D eigenvalue weighted by Gasteiger charge is -2.26. The van der Waals surface area contributed by atoms with Crippen molar-refractivity contribution in [3.05, 3.63) is 35.6 Å². The summed E-state index contributed by atoms with van der Waals surface area (Å²) >= 11 is 0. The zero-order valence-electron chi connectivity index (χ0n) is 11.3. The highest BCUT2D eigenvalue weighted by atomic mass is 16.4. The summed E-state index contributed by atoms with van der Waals surface area (Å²) in [5.74, 6) is 0.269. The Labute approximate surface area is 116 Å². The molecule has 0 unspecified atom stereocenters. The first-order chi connectivity index (χ1) is 9.67. The van der Waals surface area contributed by atoms with Gasteiger partial charge < -0.3 is 14.5 Å². The van der Waals surface area contributed by atoms with Crippen LogP contribution in [0.5, 0.6) is 0 Å². The molecule has 0 saturated carbocycles. The molecule has 2 aromatic rings. The van der Waals surface area contributed by atoms with Gasteiger partial charge in [0.2, 0.25) is 0 Å². The average Bonchev–Trinajstić information content (AvgIpc) is 2.89. The quantitative estimate of drug-likeness (QED) is 0.641. The van der Waals surface area contributed by atoms with Crippen LogP contribution in [0.4, 0.5) is 0 Å². The lowest BCUT2D eigenvalue weighted by Crippen LogP contribution is -2.38. The van der Waals surface area contributed by atoms with Crippen molar-refractivity contribution in [3.8, 4) is 0 Å². The normalized spacial score (nSPS) is 15.7. The highest BCUT2D eigenvalue weighted by Gasteiger charge is 2.23. The average molecular weight is 272 g/mol. The van der Waals surface area contributed by atoms with Gasteiger partial charge in [0.05, 0.1) is 5.71 Å². The van der Waals surface area contributed by atoms with Gasteiger partial charge in [0.25, 0.3) is 5.91 Å². The third-order valence-corrected chi connectivity index (χ3v) is 3.65. The molecule has 1 saturated heterocycles. The molecule has 1 fully saturated rings. The van der Waals surface area contributed by atoms with Gasteiger partial charge in [-0.3, -0.25) is 4.79 Å². The van der Waals surface area contributed by atoms with E-state index in [2.05, 4.69) is 5.16 Å². The minimum atomic E-state index is -0.101. The summed E-state index contributed by atoms with van der Waals surface area (Å²) in [6, 6.07) is 7.64. The molecule has 0 aliphatic carbocycles. The number of rotatable bonds is 1. The van der Waals surface area contributed by atoms with Crippen LogP contribution in [-0.2, 0) is 0 Å². The molecule has 20 heavy (non-hydrogen) atoms. The van der Waals surface area contributed by atoms with E-state index in [1.807, 2.05) is 25.1 Å². The second kappa shape index (κ2) is 5.00. The number of nitrogens with zero attached hydrogens (tertiary/aromatic N) is 2. The predicted molar refractivity (Wildman–Crippen MR) is 75.3 cm³/mol. The van der Waals surface area contributed by atoms with Gasteiger partial charge >= 0.3 is 0 Å². The maximum Gasteiger partial charge on any atom is 0.289 e. The van der Waals surface area contributed by atoms with E-state index in [0.717, 1.165) is 22.2 Å². The Balaban J connectivity index is 1.82. The van der Waals surface area contributed by atoms with Crippen molar-refractivity contribution in [1.29, 1.82) is 0 Å². The number of likely N-dealkylation sites (tertiary alicyclic amines) is 1. The molecule has 1 N–H and O–H groups in total. The van der Waals surface area contributed by atoms with Crippen molar-refractivity contribution < 1.29 is 14.4 Å². The SMILES string of the molecule is Cc1ccc2oc(C(=O)N3CCC(=NO)CC3)cc2c1. The van der Waals surface area contributed by atoms with Crippen molar-refractivity contribution in [2.75, 3.05) is 13.1 Å². The van der Waals surface area contributed by atoms with Crippen LogP contribution < -0.4 is 0 Å². The molecule has 5 nitrogen and oxygen atoms in total. The summed E-state index contributed by atoms with van der Waals surface area (Å²) in [6.07, 6.45) is 1.23. The van der Waals surface area contributed by atoms with E-state index >= 15 is 0 Å². The zero-order valence-corrected chi connectivity index (χ0v) is 11.3. The van der Waals surface area contributed by atoms with Gasteiger partial charge in [0, 0.05) is 31.3 Å². The molecular formula is C15H16N2O3. The van der Waals surface area contributed by atoms with E-state index < -0.39 is 0 Å². The van der Waals surface area contributed by atoms with Crippen LogP contribution in [-0.4, -0.2) is 34.8 Å². The number of aryl methyl sites for hydroxylation is 1. The van der Waals surface area contributed by atoms with Crippen LogP contribution in [0.3, 0.4) is 0 Å². The summed E-state index contributed by atoms with van der Waals surface area (Å²) in [7, 11) is 0. The number of hydrogen-bond donors (Lipinski definition) is 1. The number of amides is 1. The number of piperidine rings is 1. The first kappa shape index (κ1) is 12.7. The Morgan fingerprint density at radius 2 is 2.05 bits per heavy atom. The largest absolute Gasteiger partial charge is 0.451 e. The van der Waals surface area contributed by atoms with Crippen LogP contribution in [0, 0.1) is 6.92 Å².